The van der Waals surface area contributed by atoms with Crippen LogP contribution < -0.4 is 10.1 Å². The zero-order valence-electron chi connectivity index (χ0n) is 28.8. The normalized spacial score (nSPS) is 19.2. The lowest BCUT2D eigenvalue weighted by atomic mass is 9.96. The quantitative estimate of drug-likeness (QED) is 0.165. The fourth-order valence-corrected chi connectivity index (χ4v) is 7.95. The Balaban J connectivity index is 0.955. The molecule has 2 atom stereocenters. The Morgan fingerprint density at radius 3 is 2.56 bits per heavy atom. The number of thioether (sulfide) groups is 1. The van der Waals surface area contributed by atoms with Gasteiger partial charge in [-0.25, -0.2) is 9.97 Å². The number of anilines is 1. The van der Waals surface area contributed by atoms with Crippen LogP contribution in [-0.2, 0) is 16.6 Å². The van der Waals surface area contributed by atoms with E-state index < -0.39 is 4.75 Å². The third-order valence-electron chi connectivity index (χ3n) is 9.70. The minimum Gasteiger partial charge on any atom is -0.475 e. The predicted octanol–water partition coefficient (Wildman–Crippen LogP) is 6.75. The summed E-state index contributed by atoms with van der Waals surface area (Å²) in [6, 6.07) is 17.9. The van der Waals surface area contributed by atoms with E-state index in [0.29, 0.717) is 43.3 Å². The average molecular weight is 691 g/mol. The summed E-state index contributed by atoms with van der Waals surface area (Å²) >= 11 is 1.59. The van der Waals surface area contributed by atoms with E-state index in [1.54, 1.807) is 29.0 Å². The van der Waals surface area contributed by atoms with Crippen LogP contribution in [0.15, 0.2) is 73.2 Å². The third-order valence-corrected chi connectivity index (χ3v) is 11.0. The number of fused-ring (bicyclic) bond motifs is 1. The van der Waals surface area contributed by atoms with Crippen molar-refractivity contribution in [3.05, 3.63) is 78.8 Å². The molecule has 7 rings (SSSR count). The molecular weight excluding hydrogens is 649 g/mol. The molecule has 50 heavy (non-hydrogen) atoms. The second kappa shape index (κ2) is 14.1. The molecule has 2 N–H and O–H groups in total. The van der Waals surface area contributed by atoms with Crippen LogP contribution in [0.2, 0.25) is 0 Å². The van der Waals surface area contributed by atoms with Crippen molar-refractivity contribution < 1.29 is 14.3 Å². The summed E-state index contributed by atoms with van der Waals surface area (Å²) in [5.41, 5.74) is 6.59. The Morgan fingerprint density at radius 1 is 1.08 bits per heavy atom. The van der Waals surface area contributed by atoms with Gasteiger partial charge in [0.15, 0.2) is 5.82 Å². The molecule has 2 aromatic carbocycles. The Morgan fingerprint density at radius 2 is 1.88 bits per heavy atom. The average Bonchev–Trinajstić information content (AvgIpc) is 3.87. The molecule has 1 aliphatic carbocycles. The van der Waals surface area contributed by atoms with Crippen molar-refractivity contribution in [2.75, 3.05) is 24.7 Å². The summed E-state index contributed by atoms with van der Waals surface area (Å²) in [4.78, 5) is 38.0. The fraction of sp³-hybridized carbons (Fsp3) is 0.368. The first-order chi connectivity index (χ1) is 24.2. The number of nitrogens with one attached hydrogen (secondary N) is 2. The van der Waals surface area contributed by atoms with Crippen molar-refractivity contribution in [1.82, 2.24) is 34.8 Å². The molecule has 0 radical (unpaired) electrons. The van der Waals surface area contributed by atoms with Gasteiger partial charge in [-0.05, 0) is 87.1 Å². The Kier molecular flexibility index (Phi) is 9.46. The monoisotopic (exact) mass is 690 g/mol. The summed E-state index contributed by atoms with van der Waals surface area (Å²) in [7, 11) is 1.86. The van der Waals surface area contributed by atoms with E-state index >= 15 is 0 Å². The van der Waals surface area contributed by atoms with Crippen molar-refractivity contribution >= 4 is 45.7 Å². The van der Waals surface area contributed by atoms with Crippen LogP contribution in [0.4, 0.5) is 5.69 Å². The van der Waals surface area contributed by atoms with Gasteiger partial charge in [0, 0.05) is 61.0 Å². The highest BCUT2D eigenvalue weighted by Gasteiger charge is 2.45. The number of pyridine rings is 1. The SMILES string of the molecule is CS[C@@]1(C(=O)Nc2ccc3[nH]nc(-c4ccc(OC(C)C)nc4)c3c2)CCC(CC(=O)N2CC=C(c3ccc(-c4ncn(C)n4)cc3)CC2)C1. The number of hydrogen-bond acceptors (Lipinski definition) is 8. The number of benzene rings is 2. The molecule has 0 spiro atoms. The molecule has 4 heterocycles. The lowest BCUT2D eigenvalue weighted by molar-refractivity contribution is -0.131. The van der Waals surface area contributed by atoms with Gasteiger partial charge in [0.05, 0.1) is 16.4 Å². The third kappa shape index (κ3) is 7.02. The maximum Gasteiger partial charge on any atom is 0.240 e. The number of aromatic nitrogens is 6. The molecule has 0 bridgehead atoms. The fourth-order valence-electron chi connectivity index (χ4n) is 6.99. The molecule has 2 amide bonds. The molecular formula is C38H42N8O3S. The summed E-state index contributed by atoms with van der Waals surface area (Å²) in [5, 5.41) is 16.1. The molecule has 3 aromatic heterocycles. The van der Waals surface area contributed by atoms with Crippen LogP contribution in [0.3, 0.4) is 0 Å². The highest BCUT2D eigenvalue weighted by atomic mass is 32.2. The highest BCUT2D eigenvalue weighted by molar-refractivity contribution is 8.00. The first-order valence-corrected chi connectivity index (χ1v) is 18.3. The number of amides is 2. The number of ether oxygens (including phenoxy) is 1. The molecule has 5 aromatic rings. The van der Waals surface area contributed by atoms with Gasteiger partial charge in [-0.3, -0.25) is 19.4 Å². The maximum absolute atomic E-state index is 13.8. The second-order valence-electron chi connectivity index (χ2n) is 13.5. The number of nitrogens with zero attached hydrogens (tertiary/aromatic N) is 6. The van der Waals surface area contributed by atoms with E-state index in [-0.39, 0.29) is 23.8 Å². The van der Waals surface area contributed by atoms with Crippen molar-refractivity contribution in [2.45, 2.75) is 56.8 Å². The van der Waals surface area contributed by atoms with Gasteiger partial charge < -0.3 is 15.0 Å². The Hall–Kier alpha value is -4.97. The van der Waals surface area contributed by atoms with E-state index in [1.165, 1.54) is 5.57 Å². The number of aromatic amines is 1. The molecule has 2 aliphatic rings. The summed E-state index contributed by atoms with van der Waals surface area (Å²) in [6.45, 7) is 5.22. The minimum atomic E-state index is -0.582. The molecule has 11 nitrogen and oxygen atoms in total. The van der Waals surface area contributed by atoms with Gasteiger partial charge in [0.1, 0.15) is 12.0 Å². The van der Waals surface area contributed by atoms with E-state index in [4.69, 9.17) is 4.74 Å². The number of H-pyrrole nitrogens is 1. The molecule has 12 heteroatoms. The number of aryl methyl sites for hydroxylation is 1. The summed E-state index contributed by atoms with van der Waals surface area (Å²) < 4.78 is 6.80. The highest BCUT2D eigenvalue weighted by Crippen LogP contribution is 2.46. The lowest BCUT2D eigenvalue weighted by Crippen LogP contribution is -2.38. The molecule has 1 unspecified atom stereocenters. The number of carbonyl (C=O) groups excluding carboxylic acids is 2. The first-order valence-electron chi connectivity index (χ1n) is 17.1. The van der Waals surface area contributed by atoms with Crippen LogP contribution in [0, 0.1) is 5.92 Å². The zero-order chi connectivity index (χ0) is 34.8. The molecule has 258 valence electrons. The van der Waals surface area contributed by atoms with Crippen LogP contribution >= 0.6 is 11.8 Å². The number of carbonyl (C=O) groups is 2. The zero-order valence-corrected chi connectivity index (χ0v) is 29.7. The van der Waals surface area contributed by atoms with Crippen molar-refractivity contribution in [3.8, 4) is 28.5 Å². The second-order valence-corrected chi connectivity index (χ2v) is 14.7. The van der Waals surface area contributed by atoms with Gasteiger partial charge >= 0.3 is 0 Å². The number of rotatable bonds is 10. The maximum atomic E-state index is 13.8. The first kappa shape index (κ1) is 33.5. The van der Waals surface area contributed by atoms with E-state index in [0.717, 1.165) is 52.5 Å². The van der Waals surface area contributed by atoms with Crippen LogP contribution in [-0.4, -0.2) is 76.9 Å². The molecule has 0 saturated heterocycles. The van der Waals surface area contributed by atoms with E-state index in [1.807, 2.05) is 74.5 Å². The topological polar surface area (TPSA) is 131 Å². The Bertz CT molecular complexity index is 2040. The van der Waals surface area contributed by atoms with Gasteiger partial charge in [0.25, 0.3) is 0 Å². The van der Waals surface area contributed by atoms with E-state index in [2.05, 4.69) is 48.8 Å². The molecule has 1 aliphatic heterocycles. The lowest BCUT2D eigenvalue weighted by Gasteiger charge is -2.29. The standard InChI is InChI=1S/C38H42N8O3S/c1-24(2)49-33-12-9-29(22-39-33)35-31-20-30(10-11-32(31)42-43-35)41-37(48)38(50-4)16-13-25(21-38)19-34(47)46-17-14-27(15-18-46)26-5-7-28(8-6-26)36-40-23-45(3)44-36/h5-12,14,20,22-25H,13,15-19,21H2,1-4H3,(H,41,48)(H,42,43)/t25?,38-/m0/s1. The molecule has 1 saturated carbocycles. The molecule has 1 fully saturated rings. The van der Waals surface area contributed by atoms with Crippen LogP contribution in [0.5, 0.6) is 5.88 Å². The summed E-state index contributed by atoms with van der Waals surface area (Å²) in [5.74, 6) is 1.58. The predicted molar refractivity (Wildman–Crippen MR) is 198 cm³/mol. The van der Waals surface area contributed by atoms with Gasteiger partial charge in [0.2, 0.25) is 17.7 Å². The van der Waals surface area contributed by atoms with E-state index in [9.17, 15) is 9.59 Å². The van der Waals surface area contributed by atoms with Crippen molar-refractivity contribution in [2.24, 2.45) is 13.0 Å². The smallest absolute Gasteiger partial charge is 0.240 e. The Labute approximate surface area is 295 Å². The summed E-state index contributed by atoms with van der Waals surface area (Å²) in [6.07, 6.45) is 11.2. The van der Waals surface area contributed by atoms with Crippen molar-refractivity contribution in [3.63, 3.8) is 0 Å². The van der Waals surface area contributed by atoms with Gasteiger partial charge in [-0.1, -0.05) is 30.3 Å². The van der Waals surface area contributed by atoms with Gasteiger partial charge in [-0.2, -0.15) is 10.2 Å². The largest absolute Gasteiger partial charge is 0.475 e. The van der Waals surface area contributed by atoms with Crippen LogP contribution in [0.25, 0.3) is 39.1 Å². The number of hydrogen-bond donors (Lipinski definition) is 2. The van der Waals surface area contributed by atoms with Crippen LogP contribution in [0.1, 0.15) is 51.5 Å². The van der Waals surface area contributed by atoms with Gasteiger partial charge in [-0.15, -0.1) is 11.8 Å². The van der Waals surface area contributed by atoms with Crippen molar-refractivity contribution in [1.29, 1.82) is 0 Å². The minimum absolute atomic E-state index is 0.0170.